The molecule has 0 aromatic rings. The van der Waals surface area contributed by atoms with E-state index in [2.05, 4.69) is 0 Å². The quantitative estimate of drug-likeness (QED) is 0.842. The number of alkyl halides is 3. The van der Waals surface area contributed by atoms with Gasteiger partial charge < -0.3 is 5.11 Å². The van der Waals surface area contributed by atoms with E-state index in [1.54, 1.807) is 0 Å². The van der Waals surface area contributed by atoms with Crippen LogP contribution in [0.3, 0.4) is 0 Å². The number of hydrogen-bond acceptors (Lipinski definition) is 3. The van der Waals surface area contributed by atoms with Crippen molar-refractivity contribution < 1.29 is 26.7 Å². The zero-order chi connectivity index (χ0) is 14.7. The van der Waals surface area contributed by atoms with Crippen molar-refractivity contribution in [2.75, 3.05) is 18.8 Å². The second kappa shape index (κ2) is 6.41. The summed E-state index contributed by atoms with van der Waals surface area (Å²) in [5.74, 6) is -0.620. The highest BCUT2D eigenvalue weighted by Gasteiger charge is 2.34. The Bertz CT molecular complexity index is 383. The minimum atomic E-state index is -4.32. The first-order chi connectivity index (χ1) is 8.65. The van der Waals surface area contributed by atoms with Gasteiger partial charge in [-0.05, 0) is 25.2 Å². The Morgan fingerprint density at radius 1 is 1.37 bits per heavy atom. The molecule has 0 spiro atoms. The first-order valence-electron chi connectivity index (χ1n) is 6.38. The maximum atomic E-state index is 12.0. The average molecular weight is 303 g/mol. The fourth-order valence-electron chi connectivity index (χ4n) is 2.22. The van der Waals surface area contributed by atoms with E-state index in [0.29, 0.717) is 12.8 Å². The van der Waals surface area contributed by atoms with E-state index in [1.807, 2.05) is 6.92 Å². The standard InChI is InChI=1S/C11H20F3NO3S/c1-2-9-8-15(6-4-10(9)16)19(17,18)7-3-5-11(12,13)14/h9-10,16H,2-8H2,1H3. The molecular formula is C11H20F3NO3S. The highest BCUT2D eigenvalue weighted by Crippen LogP contribution is 2.25. The monoisotopic (exact) mass is 303 g/mol. The van der Waals surface area contributed by atoms with Crippen molar-refractivity contribution in [3.8, 4) is 0 Å². The summed E-state index contributed by atoms with van der Waals surface area (Å²) in [5.41, 5.74) is 0. The summed E-state index contributed by atoms with van der Waals surface area (Å²) in [6.07, 6.45) is -5.35. The predicted octanol–water partition coefficient (Wildman–Crippen LogP) is 1.75. The molecule has 114 valence electrons. The van der Waals surface area contributed by atoms with Gasteiger partial charge in [0.25, 0.3) is 0 Å². The van der Waals surface area contributed by atoms with Gasteiger partial charge in [0.15, 0.2) is 0 Å². The van der Waals surface area contributed by atoms with Crippen molar-refractivity contribution in [3.63, 3.8) is 0 Å². The Hall–Kier alpha value is -0.340. The van der Waals surface area contributed by atoms with Crippen molar-refractivity contribution in [2.45, 2.75) is 44.9 Å². The molecular weight excluding hydrogens is 283 g/mol. The van der Waals surface area contributed by atoms with Crippen molar-refractivity contribution >= 4 is 10.0 Å². The molecule has 1 saturated heterocycles. The van der Waals surface area contributed by atoms with Crippen LogP contribution in [-0.4, -0.2) is 49.0 Å². The fraction of sp³-hybridized carbons (Fsp3) is 1.00. The Kier molecular flexibility index (Phi) is 5.64. The summed E-state index contributed by atoms with van der Waals surface area (Å²) in [6, 6.07) is 0. The highest BCUT2D eigenvalue weighted by molar-refractivity contribution is 7.89. The predicted molar refractivity (Wildman–Crippen MR) is 65.1 cm³/mol. The van der Waals surface area contributed by atoms with Gasteiger partial charge in [0.2, 0.25) is 10.0 Å². The molecule has 0 aromatic heterocycles. The number of nitrogens with zero attached hydrogens (tertiary/aromatic N) is 1. The summed E-state index contributed by atoms with van der Waals surface area (Å²) in [6.45, 7) is 2.24. The largest absolute Gasteiger partial charge is 0.393 e. The molecule has 4 nitrogen and oxygen atoms in total. The van der Waals surface area contributed by atoms with E-state index in [1.165, 1.54) is 4.31 Å². The summed E-state index contributed by atoms with van der Waals surface area (Å²) >= 11 is 0. The Morgan fingerprint density at radius 2 is 2.00 bits per heavy atom. The van der Waals surface area contributed by atoms with Crippen LogP contribution >= 0.6 is 0 Å². The molecule has 19 heavy (non-hydrogen) atoms. The van der Waals surface area contributed by atoms with E-state index in [9.17, 15) is 26.7 Å². The van der Waals surface area contributed by atoms with Crippen LogP contribution in [0.25, 0.3) is 0 Å². The highest BCUT2D eigenvalue weighted by atomic mass is 32.2. The number of rotatable bonds is 5. The average Bonchev–Trinajstić information content (AvgIpc) is 2.27. The molecule has 0 aromatic carbocycles. The maximum absolute atomic E-state index is 12.0. The summed E-state index contributed by atoms with van der Waals surface area (Å²) < 4.78 is 61.0. The Morgan fingerprint density at radius 3 is 2.53 bits per heavy atom. The third kappa shape index (κ3) is 5.27. The number of halogens is 3. The molecule has 1 rings (SSSR count). The van der Waals surface area contributed by atoms with Crippen molar-refractivity contribution in [2.24, 2.45) is 5.92 Å². The van der Waals surface area contributed by atoms with Gasteiger partial charge in [-0.3, -0.25) is 0 Å². The van der Waals surface area contributed by atoms with Crippen molar-refractivity contribution in [3.05, 3.63) is 0 Å². The number of sulfonamides is 1. The second-order valence-electron chi connectivity index (χ2n) is 4.92. The van der Waals surface area contributed by atoms with E-state index < -0.39 is 40.9 Å². The van der Waals surface area contributed by atoms with E-state index in [-0.39, 0.29) is 19.0 Å². The van der Waals surface area contributed by atoms with Crippen LogP contribution in [0.4, 0.5) is 13.2 Å². The van der Waals surface area contributed by atoms with Crippen LogP contribution < -0.4 is 0 Å². The van der Waals surface area contributed by atoms with Crippen molar-refractivity contribution in [1.82, 2.24) is 4.31 Å². The molecule has 0 saturated carbocycles. The van der Waals surface area contributed by atoms with Crippen LogP contribution in [0, 0.1) is 5.92 Å². The Labute approximate surface area is 111 Å². The molecule has 0 radical (unpaired) electrons. The normalized spacial score (nSPS) is 26.6. The zero-order valence-electron chi connectivity index (χ0n) is 10.9. The SMILES string of the molecule is CCC1CN(S(=O)(=O)CCCC(F)(F)F)CCC1O. The lowest BCUT2D eigenvalue weighted by atomic mass is 9.94. The van der Waals surface area contributed by atoms with Crippen LogP contribution in [0.5, 0.6) is 0 Å². The minimum Gasteiger partial charge on any atom is -0.393 e. The Balaban J connectivity index is 2.53. The van der Waals surface area contributed by atoms with Crippen LogP contribution in [0.1, 0.15) is 32.6 Å². The van der Waals surface area contributed by atoms with Gasteiger partial charge in [-0.15, -0.1) is 0 Å². The summed E-state index contributed by atoms with van der Waals surface area (Å²) in [4.78, 5) is 0. The third-order valence-electron chi connectivity index (χ3n) is 3.44. The molecule has 2 unspecified atom stereocenters. The first-order valence-corrected chi connectivity index (χ1v) is 7.99. The zero-order valence-corrected chi connectivity index (χ0v) is 11.7. The van der Waals surface area contributed by atoms with Gasteiger partial charge in [-0.1, -0.05) is 6.92 Å². The van der Waals surface area contributed by atoms with E-state index in [4.69, 9.17) is 0 Å². The van der Waals surface area contributed by atoms with Gasteiger partial charge in [0.05, 0.1) is 11.9 Å². The number of aliphatic hydroxyl groups excluding tert-OH is 1. The lowest BCUT2D eigenvalue weighted by Gasteiger charge is -2.35. The molecule has 1 heterocycles. The molecule has 0 amide bonds. The van der Waals surface area contributed by atoms with Gasteiger partial charge in [0.1, 0.15) is 0 Å². The summed E-state index contributed by atoms with van der Waals surface area (Å²) in [5, 5.41) is 9.66. The molecule has 1 N–H and O–H groups in total. The van der Waals surface area contributed by atoms with Crippen LogP contribution in [0.15, 0.2) is 0 Å². The van der Waals surface area contributed by atoms with Gasteiger partial charge in [-0.2, -0.15) is 13.2 Å². The van der Waals surface area contributed by atoms with Gasteiger partial charge in [-0.25, -0.2) is 12.7 Å². The van der Waals surface area contributed by atoms with Crippen molar-refractivity contribution in [1.29, 1.82) is 0 Å². The van der Waals surface area contributed by atoms with Crippen LogP contribution in [0.2, 0.25) is 0 Å². The summed E-state index contributed by atoms with van der Waals surface area (Å²) in [7, 11) is -3.65. The first kappa shape index (κ1) is 16.7. The lowest BCUT2D eigenvalue weighted by Crippen LogP contribution is -2.46. The number of piperidine rings is 1. The molecule has 2 atom stereocenters. The van der Waals surface area contributed by atoms with E-state index >= 15 is 0 Å². The van der Waals surface area contributed by atoms with Gasteiger partial charge >= 0.3 is 6.18 Å². The molecule has 1 aliphatic rings. The topological polar surface area (TPSA) is 57.6 Å². The van der Waals surface area contributed by atoms with E-state index in [0.717, 1.165) is 0 Å². The van der Waals surface area contributed by atoms with Crippen LogP contribution in [-0.2, 0) is 10.0 Å². The second-order valence-corrected chi connectivity index (χ2v) is 7.01. The number of aliphatic hydroxyl groups is 1. The molecule has 1 fully saturated rings. The minimum absolute atomic E-state index is 0.133. The lowest BCUT2D eigenvalue weighted by molar-refractivity contribution is -0.134. The molecule has 0 bridgehead atoms. The van der Waals surface area contributed by atoms with Gasteiger partial charge in [0, 0.05) is 19.5 Å². The smallest absolute Gasteiger partial charge is 0.389 e. The molecule has 8 heteroatoms. The number of hydrogen-bond donors (Lipinski definition) is 1. The molecule has 1 aliphatic heterocycles. The third-order valence-corrected chi connectivity index (χ3v) is 5.36. The maximum Gasteiger partial charge on any atom is 0.389 e. The fourth-order valence-corrected chi connectivity index (χ4v) is 3.79. The molecule has 0 aliphatic carbocycles.